The van der Waals surface area contributed by atoms with Gasteiger partial charge in [-0.1, -0.05) is 31.0 Å². The Morgan fingerprint density at radius 2 is 2.00 bits per heavy atom. The maximum atomic E-state index is 12.4. The molecule has 1 N–H and O–H groups in total. The van der Waals surface area contributed by atoms with Crippen LogP contribution in [0.1, 0.15) is 50.8 Å². The second kappa shape index (κ2) is 7.72. The molecule has 1 unspecified atom stereocenters. The monoisotopic (exact) mass is 342 g/mol. The first-order chi connectivity index (χ1) is 12.1. The first kappa shape index (κ1) is 17.5. The Hall–Kier alpha value is -2.30. The summed E-state index contributed by atoms with van der Waals surface area (Å²) < 4.78 is 5.85. The van der Waals surface area contributed by atoms with Gasteiger partial charge in [-0.2, -0.15) is 0 Å². The molecule has 0 aliphatic heterocycles. The maximum Gasteiger partial charge on any atom is 0.224 e. The van der Waals surface area contributed by atoms with E-state index < -0.39 is 0 Å². The van der Waals surface area contributed by atoms with Crippen LogP contribution in [0.4, 0.5) is 0 Å². The van der Waals surface area contributed by atoms with Gasteiger partial charge in [0.2, 0.25) is 11.8 Å². The quantitative estimate of drug-likeness (QED) is 0.871. The molecule has 0 bridgehead atoms. The molecule has 1 aromatic carbocycles. The fourth-order valence-corrected chi connectivity index (χ4v) is 3.42. The third-order valence-corrected chi connectivity index (χ3v) is 5.19. The van der Waals surface area contributed by atoms with Crippen LogP contribution in [0.5, 0.6) is 0 Å². The number of carbonyl (C=O) groups excluding carboxylic acids is 2. The molecule has 1 fully saturated rings. The number of rotatable bonds is 6. The predicted molar refractivity (Wildman–Crippen MR) is 97.0 cm³/mol. The molecule has 1 aromatic heterocycles. The average molecular weight is 342 g/mol. The molecule has 1 heterocycles. The molecule has 5 nitrogen and oxygen atoms in total. The van der Waals surface area contributed by atoms with Gasteiger partial charge in [-0.25, -0.2) is 0 Å². The number of carbonyl (C=O) groups is 2. The number of hydrogen-bond acceptors (Lipinski definition) is 3. The smallest absolute Gasteiger partial charge is 0.224 e. The summed E-state index contributed by atoms with van der Waals surface area (Å²) in [6, 6.07) is 9.65. The van der Waals surface area contributed by atoms with Crippen LogP contribution in [-0.4, -0.2) is 30.3 Å². The molecule has 134 valence electrons. The Morgan fingerprint density at radius 3 is 2.72 bits per heavy atom. The summed E-state index contributed by atoms with van der Waals surface area (Å²) in [5, 5.41) is 3.94. The van der Waals surface area contributed by atoms with Gasteiger partial charge in [-0.15, -0.1) is 0 Å². The largest absolute Gasteiger partial charge is 0.459 e. The van der Waals surface area contributed by atoms with Crippen molar-refractivity contribution in [2.75, 3.05) is 13.6 Å². The minimum atomic E-state index is -0.148. The van der Waals surface area contributed by atoms with Gasteiger partial charge in [0.05, 0.1) is 6.04 Å². The number of hydrogen-bond donors (Lipinski definition) is 1. The van der Waals surface area contributed by atoms with Gasteiger partial charge in [0, 0.05) is 31.3 Å². The molecular weight excluding hydrogens is 316 g/mol. The fourth-order valence-electron chi connectivity index (χ4n) is 3.42. The van der Waals surface area contributed by atoms with Crippen molar-refractivity contribution in [3.05, 3.63) is 36.1 Å². The van der Waals surface area contributed by atoms with Gasteiger partial charge in [0.1, 0.15) is 11.3 Å². The van der Waals surface area contributed by atoms with Crippen molar-refractivity contribution in [3.63, 3.8) is 0 Å². The third-order valence-electron chi connectivity index (χ3n) is 5.19. The Kier molecular flexibility index (Phi) is 5.41. The van der Waals surface area contributed by atoms with Crippen molar-refractivity contribution in [1.82, 2.24) is 10.2 Å². The van der Waals surface area contributed by atoms with Crippen LogP contribution in [0, 0.1) is 5.92 Å². The summed E-state index contributed by atoms with van der Waals surface area (Å²) in [5.74, 6) is 1.01. The Labute approximate surface area is 148 Å². The zero-order valence-electron chi connectivity index (χ0n) is 15.0. The van der Waals surface area contributed by atoms with E-state index in [1.807, 2.05) is 37.3 Å². The first-order valence-electron chi connectivity index (χ1n) is 9.08. The maximum absolute atomic E-state index is 12.4. The molecule has 1 aliphatic carbocycles. The number of para-hydroxylation sites is 1. The van der Waals surface area contributed by atoms with E-state index in [9.17, 15) is 9.59 Å². The van der Waals surface area contributed by atoms with E-state index in [4.69, 9.17) is 4.42 Å². The molecule has 1 aliphatic rings. The van der Waals surface area contributed by atoms with Crippen molar-refractivity contribution in [1.29, 1.82) is 0 Å². The Bertz CT molecular complexity index is 713. The molecule has 5 heteroatoms. The number of nitrogens with zero attached hydrogens (tertiary/aromatic N) is 1. The molecule has 25 heavy (non-hydrogen) atoms. The summed E-state index contributed by atoms with van der Waals surface area (Å²) in [5.41, 5.74) is 0.828. The molecule has 0 radical (unpaired) electrons. The van der Waals surface area contributed by atoms with Crippen molar-refractivity contribution in [3.8, 4) is 0 Å². The minimum absolute atomic E-state index is 0.000298. The Balaban J connectivity index is 1.51. The molecule has 3 rings (SSSR count). The van der Waals surface area contributed by atoms with Crippen LogP contribution in [0.15, 0.2) is 34.7 Å². The third kappa shape index (κ3) is 4.03. The highest BCUT2D eigenvalue weighted by molar-refractivity contribution is 5.81. The number of nitrogens with one attached hydrogen (secondary N) is 1. The molecule has 2 amide bonds. The summed E-state index contributed by atoms with van der Waals surface area (Å²) >= 11 is 0. The van der Waals surface area contributed by atoms with E-state index in [1.165, 1.54) is 0 Å². The van der Waals surface area contributed by atoms with Crippen LogP contribution in [-0.2, 0) is 9.59 Å². The van der Waals surface area contributed by atoms with E-state index in [0.717, 1.165) is 42.4 Å². The molecule has 0 saturated heterocycles. The van der Waals surface area contributed by atoms with E-state index in [2.05, 4.69) is 5.32 Å². The lowest BCUT2D eigenvalue weighted by Gasteiger charge is -2.23. The van der Waals surface area contributed by atoms with Gasteiger partial charge in [-0.3, -0.25) is 9.59 Å². The van der Waals surface area contributed by atoms with Crippen LogP contribution < -0.4 is 5.32 Å². The van der Waals surface area contributed by atoms with Gasteiger partial charge >= 0.3 is 0 Å². The second-order valence-electron chi connectivity index (χ2n) is 6.89. The zero-order chi connectivity index (χ0) is 17.8. The molecule has 2 aromatic rings. The van der Waals surface area contributed by atoms with Crippen molar-refractivity contribution < 1.29 is 14.0 Å². The van der Waals surface area contributed by atoms with Crippen LogP contribution in [0.3, 0.4) is 0 Å². The molecule has 1 saturated carbocycles. The topological polar surface area (TPSA) is 62.6 Å². The minimum Gasteiger partial charge on any atom is -0.459 e. The van der Waals surface area contributed by atoms with E-state index in [1.54, 1.807) is 11.9 Å². The van der Waals surface area contributed by atoms with Crippen molar-refractivity contribution in [2.24, 2.45) is 5.92 Å². The van der Waals surface area contributed by atoms with Crippen LogP contribution >= 0.6 is 0 Å². The molecular formula is C20H26N2O3. The summed E-state index contributed by atoms with van der Waals surface area (Å²) in [6.07, 6.45) is 4.52. The summed E-state index contributed by atoms with van der Waals surface area (Å²) in [7, 11) is 1.78. The van der Waals surface area contributed by atoms with Crippen LogP contribution in [0.25, 0.3) is 11.0 Å². The zero-order valence-corrected chi connectivity index (χ0v) is 15.0. The second-order valence-corrected chi connectivity index (χ2v) is 6.89. The average Bonchev–Trinajstić information content (AvgIpc) is 3.29. The highest BCUT2D eigenvalue weighted by Crippen LogP contribution is 2.27. The Morgan fingerprint density at radius 1 is 1.28 bits per heavy atom. The number of amides is 2. The summed E-state index contributed by atoms with van der Waals surface area (Å²) in [6.45, 7) is 2.35. The van der Waals surface area contributed by atoms with Crippen molar-refractivity contribution >= 4 is 22.8 Å². The lowest BCUT2D eigenvalue weighted by atomic mass is 10.1. The van der Waals surface area contributed by atoms with E-state index in [-0.39, 0.29) is 23.8 Å². The van der Waals surface area contributed by atoms with Crippen molar-refractivity contribution in [2.45, 2.75) is 45.1 Å². The number of furan rings is 1. The highest BCUT2D eigenvalue weighted by atomic mass is 16.3. The van der Waals surface area contributed by atoms with Gasteiger partial charge in [0.25, 0.3) is 0 Å². The fraction of sp³-hybridized carbons (Fsp3) is 0.500. The first-order valence-corrected chi connectivity index (χ1v) is 9.08. The van der Waals surface area contributed by atoms with E-state index >= 15 is 0 Å². The number of benzene rings is 1. The van der Waals surface area contributed by atoms with Gasteiger partial charge in [-0.05, 0) is 31.9 Å². The lowest BCUT2D eigenvalue weighted by Crippen LogP contribution is -2.35. The van der Waals surface area contributed by atoms with Gasteiger partial charge in [0.15, 0.2) is 0 Å². The van der Waals surface area contributed by atoms with Crippen LogP contribution in [0.2, 0.25) is 0 Å². The van der Waals surface area contributed by atoms with Gasteiger partial charge < -0.3 is 14.6 Å². The summed E-state index contributed by atoms with van der Waals surface area (Å²) in [4.78, 5) is 26.1. The number of fused-ring (bicyclic) bond motifs is 1. The normalized spacial score (nSPS) is 16.1. The standard InChI is InChI=1S/C20H26N2O3/c1-14(18-13-16-9-5-6-10-17(16)25-18)22(2)19(23)11-12-21-20(24)15-7-3-4-8-15/h5-6,9-10,13-15H,3-4,7-8,11-12H2,1-2H3,(H,21,24). The lowest BCUT2D eigenvalue weighted by molar-refractivity contribution is -0.132. The SMILES string of the molecule is CC(c1cc2ccccc2o1)N(C)C(=O)CCNC(=O)C1CCCC1. The van der Waals surface area contributed by atoms with E-state index in [0.29, 0.717) is 13.0 Å². The molecule has 1 atom stereocenters. The highest BCUT2D eigenvalue weighted by Gasteiger charge is 2.23. The predicted octanol–water partition coefficient (Wildman–Crippen LogP) is 3.65. The molecule has 0 spiro atoms.